The lowest BCUT2D eigenvalue weighted by Gasteiger charge is -2.34. The van der Waals surface area contributed by atoms with E-state index in [0.29, 0.717) is 12.6 Å². The molecule has 2 atom stereocenters. The molecule has 1 saturated heterocycles. The molecule has 2 heterocycles. The van der Waals surface area contributed by atoms with Crippen LogP contribution in [0.2, 0.25) is 0 Å². The van der Waals surface area contributed by atoms with Crippen molar-refractivity contribution in [3.63, 3.8) is 0 Å². The number of aromatic nitrogens is 2. The van der Waals surface area contributed by atoms with Crippen LogP contribution in [-0.4, -0.2) is 77.6 Å². The Morgan fingerprint density at radius 3 is 2.81 bits per heavy atom. The third-order valence-electron chi connectivity index (χ3n) is 5.32. The number of hydrogen-bond acceptors (Lipinski definition) is 5. The van der Waals surface area contributed by atoms with Crippen LogP contribution in [0.5, 0.6) is 0 Å². The van der Waals surface area contributed by atoms with Crippen LogP contribution in [0.3, 0.4) is 0 Å². The van der Waals surface area contributed by atoms with Crippen molar-refractivity contribution in [3.05, 3.63) is 12.4 Å². The molecule has 31 heavy (non-hydrogen) atoms. The summed E-state index contributed by atoms with van der Waals surface area (Å²) in [4.78, 5) is 21.0. The van der Waals surface area contributed by atoms with Gasteiger partial charge in [-0.1, -0.05) is 0 Å². The first-order chi connectivity index (χ1) is 14.6. The number of guanidine groups is 1. The van der Waals surface area contributed by atoms with Gasteiger partial charge in [0.15, 0.2) is 5.96 Å². The van der Waals surface area contributed by atoms with Crippen LogP contribution in [0.15, 0.2) is 17.4 Å². The second-order valence-corrected chi connectivity index (χ2v) is 9.29. The van der Waals surface area contributed by atoms with Gasteiger partial charge in [0.1, 0.15) is 5.60 Å². The molecule has 0 spiro atoms. The predicted octanol–water partition coefficient (Wildman–Crippen LogP) is 2.59. The fourth-order valence-corrected chi connectivity index (χ4v) is 3.49. The number of piperidine rings is 1. The van der Waals surface area contributed by atoms with E-state index in [1.165, 1.54) is 0 Å². The number of nitrogens with one attached hydrogen (secondary N) is 2. The Morgan fingerprint density at radius 2 is 2.19 bits per heavy atom. The van der Waals surface area contributed by atoms with Gasteiger partial charge < -0.3 is 25.2 Å². The van der Waals surface area contributed by atoms with Gasteiger partial charge in [-0.3, -0.25) is 9.67 Å². The summed E-state index contributed by atoms with van der Waals surface area (Å²) in [7, 11) is 3.72. The molecule has 1 aromatic rings. The fraction of sp³-hybridized carbons (Fsp3) is 0.773. The number of ether oxygens (including phenoxy) is 1. The van der Waals surface area contributed by atoms with Gasteiger partial charge in [-0.25, -0.2) is 4.79 Å². The van der Waals surface area contributed by atoms with E-state index < -0.39 is 5.60 Å². The lowest BCUT2D eigenvalue weighted by Crippen LogP contribution is -2.51. The highest BCUT2D eigenvalue weighted by Crippen LogP contribution is 2.19. The number of carbonyl (C=O) groups is 1. The van der Waals surface area contributed by atoms with Gasteiger partial charge in [0, 0.05) is 58.6 Å². The van der Waals surface area contributed by atoms with Crippen molar-refractivity contribution in [2.24, 2.45) is 12.0 Å². The number of amides is 1. The van der Waals surface area contributed by atoms with Crippen molar-refractivity contribution in [2.45, 2.75) is 71.6 Å². The Kier molecular flexibility index (Phi) is 9.00. The lowest BCUT2D eigenvalue weighted by atomic mass is 10.1. The molecule has 0 aromatic carbocycles. The molecular formula is C22H41N7O2. The molecule has 2 rings (SSSR count). The van der Waals surface area contributed by atoms with Crippen LogP contribution in [0, 0.1) is 0 Å². The minimum atomic E-state index is -0.491. The van der Waals surface area contributed by atoms with E-state index in [2.05, 4.69) is 33.8 Å². The summed E-state index contributed by atoms with van der Waals surface area (Å²) < 4.78 is 7.29. The highest BCUT2D eigenvalue weighted by Gasteiger charge is 2.23. The largest absolute Gasteiger partial charge is 0.444 e. The van der Waals surface area contributed by atoms with E-state index in [0.717, 1.165) is 50.5 Å². The Labute approximate surface area is 187 Å². The zero-order valence-corrected chi connectivity index (χ0v) is 20.3. The summed E-state index contributed by atoms with van der Waals surface area (Å²) in [6.07, 6.45) is 6.68. The molecule has 9 heteroatoms. The first-order valence-electron chi connectivity index (χ1n) is 11.3. The van der Waals surface area contributed by atoms with Crippen molar-refractivity contribution in [1.29, 1.82) is 0 Å². The number of anilines is 1. The first-order valence-corrected chi connectivity index (χ1v) is 11.3. The molecule has 1 aliphatic rings. The maximum Gasteiger partial charge on any atom is 0.410 e. The smallest absolute Gasteiger partial charge is 0.410 e. The molecule has 0 radical (unpaired) electrons. The minimum absolute atomic E-state index is 0.0391. The van der Waals surface area contributed by atoms with Crippen LogP contribution in [-0.2, 0) is 11.8 Å². The molecule has 2 unspecified atom stereocenters. The minimum Gasteiger partial charge on any atom is -0.444 e. The average molecular weight is 436 g/mol. The monoisotopic (exact) mass is 435 g/mol. The van der Waals surface area contributed by atoms with Gasteiger partial charge >= 0.3 is 6.09 Å². The standard InChI is InChI=1S/C22H41N7O2/c1-8-23-20(24-12-11-17(2)28(7)21(30)31-22(3,4)5)26-18-10-9-13-29(15-18)19-14-25-27(6)16-19/h14,16-18H,8-13,15H2,1-7H3,(H2,23,24,26). The molecule has 0 bridgehead atoms. The molecule has 176 valence electrons. The number of hydrogen-bond donors (Lipinski definition) is 2. The maximum absolute atomic E-state index is 12.2. The van der Waals surface area contributed by atoms with Crippen LogP contribution in [0.4, 0.5) is 10.5 Å². The summed E-state index contributed by atoms with van der Waals surface area (Å²) in [5.74, 6) is 0.827. The topological polar surface area (TPSA) is 87.0 Å². The van der Waals surface area contributed by atoms with E-state index in [1.54, 1.807) is 11.9 Å². The van der Waals surface area contributed by atoms with Gasteiger partial charge in [0.25, 0.3) is 0 Å². The maximum atomic E-state index is 12.2. The second-order valence-electron chi connectivity index (χ2n) is 9.29. The van der Waals surface area contributed by atoms with Crippen molar-refractivity contribution in [3.8, 4) is 0 Å². The zero-order chi connectivity index (χ0) is 23.0. The Morgan fingerprint density at radius 1 is 1.45 bits per heavy atom. The van der Waals surface area contributed by atoms with Crippen LogP contribution >= 0.6 is 0 Å². The van der Waals surface area contributed by atoms with Gasteiger partial charge in [-0.2, -0.15) is 5.10 Å². The molecule has 0 saturated carbocycles. The van der Waals surface area contributed by atoms with E-state index >= 15 is 0 Å². The van der Waals surface area contributed by atoms with Crippen molar-refractivity contribution < 1.29 is 9.53 Å². The molecule has 9 nitrogen and oxygen atoms in total. The highest BCUT2D eigenvalue weighted by atomic mass is 16.6. The summed E-state index contributed by atoms with van der Waals surface area (Å²) in [5, 5.41) is 11.2. The summed E-state index contributed by atoms with van der Waals surface area (Å²) in [5.41, 5.74) is 0.671. The quantitative estimate of drug-likeness (QED) is 0.506. The normalized spacial score (nSPS) is 18.5. The number of carbonyl (C=O) groups excluding carboxylic acids is 1. The van der Waals surface area contributed by atoms with Crippen molar-refractivity contribution in [2.75, 3.05) is 38.1 Å². The number of aryl methyl sites for hydroxylation is 1. The Balaban J connectivity index is 1.87. The molecule has 2 N–H and O–H groups in total. The molecule has 1 fully saturated rings. The molecule has 1 aliphatic heterocycles. The summed E-state index contributed by atoms with van der Waals surface area (Å²) in [6.45, 7) is 13.1. The number of nitrogens with zero attached hydrogens (tertiary/aromatic N) is 5. The van der Waals surface area contributed by atoms with Gasteiger partial charge in [0.2, 0.25) is 0 Å². The molecule has 0 aliphatic carbocycles. The van der Waals surface area contributed by atoms with Gasteiger partial charge in [0.05, 0.1) is 11.9 Å². The van der Waals surface area contributed by atoms with Crippen LogP contribution < -0.4 is 15.5 Å². The highest BCUT2D eigenvalue weighted by molar-refractivity contribution is 5.80. The first kappa shape index (κ1) is 24.8. The molecular weight excluding hydrogens is 394 g/mol. The van der Waals surface area contributed by atoms with Crippen LogP contribution in [0.25, 0.3) is 0 Å². The Hall–Kier alpha value is -2.45. The van der Waals surface area contributed by atoms with E-state index in [-0.39, 0.29) is 12.1 Å². The van der Waals surface area contributed by atoms with E-state index in [4.69, 9.17) is 9.73 Å². The SMILES string of the molecule is CCNC(=NCCC(C)N(C)C(=O)OC(C)(C)C)NC1CCCN(c2cnn(C)c2)C1. The fourth-order valence-electron chi connectivity index (χ4n) is 3.49. The van der Waals surface area contributed by atoms with E-state index in [9.17, 15) is 4.79 Å². The third kappa shape index (κ3) is 8.30. The molecule has 1 amide bonds. The average Bonchev–Trinajstić information content (AvgIpc) is 3.12. The van der Waals surface area contributed by atoms with E-state index in [1.807, 2.05) is 45.6 Å². The number of aliphatic imine (C=N–C) groups is 1. The van der Waals surface area contributed by atoms with Crippen molar-refractivity contribution in [1.82, 2.24) is 25.3 Å². The summed E-state index contributed by atoms with van der Waals surface area (Å²) in [6, 6.07) is 0.367. The third-order valence-corrected chi connectivity index (χ3v) is 5.32. The van der Waals surface area contributed by atoms with Gasteiger partial charge in [-0.15, -0.1) is 0 Å². The molecule has 1 aromatic heterocycles. The Bertz CT molecular complexity index is 726. The number of rotatable bonds is 7. The second kappa shape index (κ2) is 11.2. The van der Waals surface area contributed by atoms with Crippen LogP contribution in [0.1, 0.15) is 53.9 Å². The summed E-state index contributed by atoms with van der Waals surface area (Å²) >= 11 is 0. The van der Waals surface area contributed by atoms with Gasteiger partial charge in [-0.05, 0) is 53.9 Å². The van der Waals surface area contributed by atoms with Crippen molar-refractivity contribution >= 4 is 17.7 Å². The lowest BCUT2D eigenvalue weighted by molar-refractivity contribution is 0.0231. The predicted molar refractivity (Wildman–Crippen MR) is 126 cm³/mol. The zero-order valence-electron chi connectivity index (χ0n) is 20.3.